The van der Waals surface area contributed by atoms with Crippen LogP contribution in [0.15, 0.2) is 35.2 Å². The van der Waals surface area contributed by atoms with E-state index in [1.165, 1.54) is 12.1 Å². The molecule has 7 nitrogen and oxygen atoms in total. The van der Waals surface area contributed by atoms with Gasteiger partial charge in [0, 0.05) is 6.61 Å². The molecule has 1 aliphatic heterocycles. The van der Waals surface area contributed by atoms with Gasteiger partial charge in [-0.3, -0.25) is 0 Å². The lowest BCUT2D eigenvalue weighted by atomic mass is 10.2. The summed E-state index contributed by atoms with van der Waals surface area (Å²) in [7, 11) is -3.59. The van der Waals surface area contributed by atoms with Crippen LogP contribution in [-0.2, 0) is 24.0 Å². The Morgan fingerprint density at radius 1 is 1.26 bits per heavy atom. The smallest absolute Gasteiger partial charge is 0.407 e. The van der Waals surface area contributed by atoms with Crippen LogP contribution in [0.4, 0.5) is 4.79 Å². The summed E-state index contributed by atoms with van der Waals surface area (Å²) in [5.41, 5.74) is -0.680. The first kappa shape index (κ1) is 21.7. The normalized spacial score (nSPS) is 19.3. The minimum Gasteiger partial charge on any atom is -0.444 e. The van der Waals surface area contributed by atoms with E-state index in [0.29, 0.717) is 6.61 Å². The second-order valence-corrected chi connectivity index (χ2v) is 9.60. The lowest BCUT2D eigenvalue weighted by Gasteiger charge is -2.27. The molecule has 1 N–H and O–H groups in total. The molecule has 8 heteroatoms. The zero-order chi connectivity index (χ0) is 19.9. The van der Waals surface area contributed by atoms with E-state index in [1.807, 2.05) is 0 Å². The highest BCUT2D eigenvalue weighted by atomic mass is 32.2. The van der Waals surface area contributed by atoms with Crippen LogP contribution >= 0.6 is 0 Å². The molecule has 1 aromatic rings. The van der Waals surface area contributed by atoms with Crippen molar-refractivity contribution < 1.29 is 27.4 Å². The summed E-state index contributed by atoms with van der Waals surface area (Å²) < 4.78 is 41.8. The maximum Gasteiger partial charge on any atom is 0.407 e. The quantitative estimate of drug-likeness (QED) is 0.758. The average Bonchev–Trinajstić information content (AvgIpc) is 2.59. The van der Waals surface area contributed by atoms with Crippen LogP contribution in [0, 0.1) is 0 Å². The van der Waals surface area contributed by atoms with Crippen LogP contribution in [0.3, 0.4) is 0 Å². The standard InChI is InChI=1S/C19H29NO6S/c1-19(2,3)26-18(21)20-15(13-25-17-11-7-8-12-24-17)14-27(22,23)16-9-5-4-6-10-16/h4-6,9-10,15,17H,7-8,11-14H2,1-3H3,(H,20,21)/t15-,17+/m0/s1. The van der Waals surface area contributed by atoms with Gasteiger partial charge in [-0.2, -0.15) is 0 Å². The number of amides is 1. The van der Waals surface area contributed by atoms with E-state index in [-0.39, 0.29) is 23.5 Å². The summed E-state index contributed by atoms with van der Waals surface area (Å²) in [6.45, 7) is 5.88. The molecular formula is C19H29NO6S. The van der Waals surface area contributed by atoms with Crippen LogP contribution in [-0.4, -0.2) is 51.4 Å². The van der Waals surface area contributed by atoms with Crippen LogP contribution in [0.2, 0.25) is 0 Å². The predicted molar refractivity (Wildman–Crippen MR) is 101 cm³/mol. The van der Waals surface area contributed by atoms with Crippen LogP contribution in [0.5, 0.6) is 0 Å². The number of sulfone groups is 1. The van der Waals surface area contributed by atoms with Crippen molar-refractivity contribution in [2.45, 2.75) is 62.9 Å². The Balaban J connectivity index is 2.04. The Morgan fingerprint density at radius 3 is 2.56 bits per heavy atom. The van der Waals surface area contributed by atoms with Crippen LogP contribution < -0.4 is 5.32 Å². The Morgan fingerprint density at radius 2 is 1.96 bits per heavy atom. The monoisotopic (exact) mass is 399 g/mol. The van der Waals surface area contributed by atoms with Crippen molar-refractivity contribution >= 4 is 15.9 Å². The molecule has 2 rings (SSSR count). The third kappa shape index (κ3) is 7.86. The molecule has 27 heavy (non-hydrogen) atoms. The maximum absolute atomic E-state index is 12.7. The molecule has 1 aliphatic rings. The lowest BCUT2D eigenvalue weighted by molar-refractivity contribution is -0.164. The van der Waals surface area contributed by atoms with Gasteiger partial charge in [-0.25, -0.2) is 13.2 Å². The molecule has 152 valence electrons. The summed E-state index contributed by atoms with van der Waals surface area (Å²) in [6, 6.07) is 7.38. The lowest BCUT2D eigenvalue weighted by Crippen LogP contribution is -2.46. The van der Waals surface area contributed by atoms with Gasteiger partial charge in [-0.1, -0.05) is 18.2 Å². The number of nitrogens with one attached hydrogen (secondary N) is 1. The largest absolute Gasteiger partial charge is 0.444 e. The highest BCUT2D eigenvalue weighted by Crippen LogP contribution is 2.16. The summed E-state index contributed by atoms with van der Waals surface area (Å²) in [5, 5.41) is 2.62. The minimum absolute atomic E-state index is 0.0238. The van der Waals surface area contributed by atoms with Gasteiger partial charge in [0.2, 0.25) is 0 Å². The molecule has 0 unspecified atom stereocenters. The van der Waals surface area contributed by atoms with Gasteiger partial charge in [-0.15, -0.1) is 0 Å². The third-order valence-corrected chi connectivity index (χ3v) is 5.70. The Hall–Kier alpha value is -1.64. The van der Waals surface area contributed by atoms with Gasteiger partial charge >= 0.3 is 6.09 Å². The Bertz CT molecular complexity index is 693. The van der Waals surface area contributed by atoms with E-state index in [4.69, 9.17) is 14.2 Å². The number of alkyl carbamates (subject to hydrolysis) is 1. The molecule has 1 saturated heterocycles. The van der Waals surface area contributed by atoms with E-state index in [1.54, 1.807) is 39.0 Å². The first-order valence-electron chi connectivity index (χ1n) is 9.16. The predicted octanol–water partition coefficient (Wildman–Crippen LogP) is 2.90. The molecule has 0 saturated carbocycles. The minimum atomic E-state index is -3.59. The van der Waals surface area contributed by atoms with E-state index < -0.39 is 27.6 Å². The number of ether oxygens (including phenoxy) is 3. The first-order valence-corrected chi connectivity index (χ1v) is 10.8. The SMILES string of the molecule is CC(C)(C)OC(=O)N[C@@H](CO[C@@H]1CCCCO1)CS(=O)(=O)c1ccccc1. The molecule has 1 aromatic carbocycles. The first-order chi connectivity index (χ1) is 12.7. The van der Waals surface area contributed by atoms with Crippen molar-refractivity contribution in [2.24, 2.45) is 0 Å². The summed E-state index contributed by atoms with van der Waals surface area (Å²) >= 11 is 0. The van der Waals surface area contributed by atoms with Crippen LogP contribution in [0.25, 0.3) is 0 Å². The van der Waals surface area contributed by atoms with Crippen molar-refractivity contribution in [3.63, 3.8) is 0 Å². The summed E-state index contributed by atoms with van der Waals surface area (Å²) in [5.74, 6) is -0.289. The fourth-order valence-electron chi connectivity index (χ4n) is 2.66. The molecule has 1 amide bonds. The molecule has 0 spiro atoms. The van der Waals surface area contributed by atoms with Gasteiger partial charge in [-0.05, 0) is 52.2 Å². The van der Waals surface area contributed by atoms with Crippen molar-refractivity contribution in [3.05, 3.63) is 30.3 Å². The molecule has 2 atom stereocenters. The second kappa shape index (κ2) is 9.52. The van der Waals surface area contributed by atoms with Crippen molar-refractivity contribution in [3.8, 4) is 0 Å². The van der Waals surface area contributed by atoms with E-state index in [2.05, 4.69) is 5.32 Å². The van der Waals surface area contributed by atoms with E-state index >= 15 is 0 Å². The molecule has 0 radical (unpaired) electrons. The molecule has 1 heterocycles. The molecule has 0 aromatic heterocycles. The summed E-state index contributed by atoms with van der Waals surface area (Å²) in [4.78, 5) is 12.3. The topological polar surface area (TPSA) is 90.9 Å². The molecule has 0 bridgehead atoms. The van der Waals surface area contributed by atoms with E-state index in [0.717, 1.165) is 19.3 Å². The number of carbonyl (C=O) groups is 1. The number of benzene rings is 1. The van der Waals surface area contributed by atoms with Gasteiger partial charge in [0.1, 0.15) is 5.60 Å². The number of carbonyl (C=O) groups excluding carboxylic acids is 1. The molecule has 1 fully saturated rings. The number of hydrogen-bond donors (Lipinski definition) is 1. The number of rotatable bonds is 7. The van der Waals surface area contributed by atoms with Crippen molar-refractivity contribution in [1.82, 2.24) is 5.32 Å². The zero-order valence-electron chi connectivity index (χ0n) is 16.1. The van der Waals surface area contributed by atoms with Crippen LogP contribution in [0.1, 0.15) is 40.0 Å². The van der Waals surface area contributed by atoms with Crippen molar-refractivity contribution in [2.75, 3.05) is 19.0 Å². The molecular weight excluding hydrogens is 370 g/mol. The number of hydrogen-bond acceptors (Lipinski definition) is 6. The summed E-state index contributed by atoms with van der Waals surface area (Å²) in [6.07, 6.45) is 1.69. The molecule has 0 aliphatic carbocycles. The maximum atomic E-state index is 12.7. The second-order valence-electron chi connectivity index (χ2n) is 7.57. The Kier molecular flexibility index (Phi) is 7.64. The Labute approximate surface area is 161 Å². The third-order valence-electron chi connectivity index (χ3n) is 3.86. The van der Waals surface area contributed by atoms with Gasteiger partial charge in [0.25, 0.3) is 0 Å². The zero-order valence-corrected chi connectivity index (χ0v) is 17.0. The van der Waals surface area contributed by atoms with Gasteiger partial charge in [0.15, 0.2) is 16.1 Å². The average molecular weight is 400 g/mol. The fraction of sp³-hybridized carbons (Fsp3) is 0.632. The van der Waals surface area contributed by atoms with Gasteiger partial charge in [0.05, 0.1) is 23.3 Å². The van der Waals surface area contributed by atoms with Gasteiger partial charge < -0.3 is 19.5 Å². The highest BCUT2D eigenvalue weighted by Gasteiger charge is 2.27. The fourth-order valence-corrected chi connectivity index (χ4v) is 4.13. The highest BCUT2D eigenvalue weighted by molar-refractivity contribution is 7.91. The van der Waals surface area contributed by atoms with Crippen molar-refractivity contribution in [1.29, 1.82) is 0 Å². The van der Waals surface area contributed by atoms with E-state index in [9.17, 15) is 13.2 Å².